The molecule has 1 saturated carbocycles. The van der Waals surface area contributed by atoms with Crippen molar-refractivity contribution >= 4 is 11.7 Å². The van der Waals surface area contributed by atoms with Crippen LogP contribution in [0.4, 0.5) is 5.82 Å². The van der Waals surface area contributed by atoms with Crippen LogP contribution >= 0.6 is 0 Å². The molecule has 0 aromatic carbocycles. The lowest BCUT2D eigenvalue weighted by atomic mass is 10.1. The van der Waals surface area contributed by atoms with E-state index in [0.29, 0.717) is 0 Å². The highest BCUT2D eigenvalue weighted by molar-refractivity contribution is 5.94. The second-order valence-corrected chi connectivity index (χ2v) is 4.59. The number of aromatic nitrogens is 2. The van der Waals surface area contributed by atoms with Gasteiger partial charge in [0.2, 0.25) is 5.91 Å². The van der Waals surface area contributed by atoms with Gasteiger partial charge in [0.1, 0.15) is 5.82 Å². The third-order valence-electron chi connectivity index (χ3n) is 3.26. The van der Waals surface area contributed by atoms with Crippen LogP contribution in [-0.4, -0.2) is 22.2 Å². The lowest BCUT2D eigenvalue weighted by Gasteiger charge is -2.13. The molecule has 5 heteroatoms. The molecule has 5 nitrogen and oxygen atoms in total. The van der Waals surface area contributed by atoms with Gasteiger partial charge in [-0.05, 0) is 12.8 Å². The average Bonchev–Trinajstić information content (AvgIpc) is 3.06. The first-order valence-corrected chi connectivity index (χ1v) is 5.82. The van der Waals surface area contributed by atoms with E-state index in [2.05, 4.69) is 15.7 Å². The Labute approximate surface area is 94.2 Å². The van der Waals surface area contributed by atoms with Crippen molar-refractivity contribution in [1.82, 2.24) is 15.1 Å². The Bertz CT molecular complexity index is 433. The summed E-state index contributed by atoms with van der Waals surface area (Å²) >= 11 is 0. The van der Waals surface area contributed by atoms with Crippen molar-refractivity contribution in [3.05, 3.63) is 11.3 Å². The summed E-state index contributed by atoms with van der Waals surface area (Å²) in [7, 11) is 1.89. The average molecular weight is 220 g/mol. The van der Waals surface area contributed by atoms with Gasteiger partial charge in [0.25, 0.3) is 0 Å². The van der Waals surface area contributed by atoms with Crippen LogP contribution in [0.15, 0.2) is 0 Å². The first-order valence-electron chi connectivity index (χ1n) is 5.82. The zero-order valence-electron chi connectivity index (χ0n) is 9.42. The van der Waals surface area contributed by atoms with Crippen molar-refractivity contribution in [2.24, 2.45) is 13.0 Å². The van der Waals surface area contributed by atoms with Gasteiger partial charge in [-0.3, -0.25) is 9.48 Å². The number of nitrogens with one attached hydrogen (secondary N) is 2. The van der Waals surface area contributed by atoms with Crippen LogP contribution in [0.3, 0.4) is 0 Å². The van der Waals surface area contributed by atoms with Gasteiger partial charge in [0.05, 0.1) is 5.69 Å². The number of aryl methyl sites for hydroxylation is 1. The molecule has 0 bridgehead atoms. The SMILES string of the molecule is Cn1nc2c(c1NC(=O)C1CC1)CNCC2. The van der Waals surface area contributed by atoms with Crippen LogP contribution in [0, 0.1) is 5.92 Å². The molecule has 0 radical (unpaired) electrons. The largest absolute Gasteiger partial charge is 0.312 e. The number of fused-ring (bicyclic) bond motifs is 1. The van der Waals surface area contributed by atoms with Gasteiger partial charge in [0, 0.05) is 38.0 Å². The number of rotatable bonds is 2. The number of hydrogen-bond donors (Lipinski definition) is 2. The van der Waals surface area contributed by atoms with E-state index in [4.69, 9.17) is 0 Å². The Morgan fingerprint density at radius 3 is 3.12 bits per heavy atom. The molecule has 86 valence electrons. The molecule has 16 heavy (non-hydrogen) atoms. The minimum Gasteiger partial charge on any atom is -0.312 e. The first-order chi connectivity index (χ1) is 7.75. The van der Waals surface area contributed by atoms with Gasteiger partial charge in [-0.15, -0.1) is 0 Å². The maximum absolute atomic E-state index is 11.7. The van der Waals surface area contributed by atoms with E-state index in [1.54, 1.807) is 4.68 Å². The van der Waals surface area contributed by atoms with E-state index in [9.17, 15) is 4.79 Å². The van der Waals surface area contributed by atoms with Crippen LogP contribution in [0.1, 0.15) is 24.1 Å². The highest BCUT2D eigenvalue weighted by atomic mass is 16.2. The molecule has 0 atom stereocenters. The van der Waals surface area contributed by atoms with E-state index in [1.807, 2.05) is 7.05 Å². The zero-order chi connectivity index (χ0) is 11.1. The molecule has 1 fully saturated rings. The Kier molecular flexibility index (Phi) is 2.21. The summed E-state index contributed by atoms with van der Waals surface area (Å²) in [4.78, 5) is 11.7. The lowest BCUT2D eigenvalue weighted by Crippen LogP contribution is -2.24. The summed E-state index contributed by atoms with van der Waals surface area (Å²) < 4.78 is 1.79. The van der Waals surface area contributed by atoms with Gasteiger partial charge in [-0.2, -0.15) is 5.10 Å². The summed E-state index contributed by atoms with van der Waals surface area (Å²) in [6, 6.07) is 0. The highest BCUT2D eigenvalue weighted by Crippen LogP contribution is 2.31. The summed E-state index contributed by atoms with van der Waals surface area (Å²) in [5.74, 6) is 1.26. The molecule has 1 aromatic rings. The van der Waals surface area contributed by atoms with Crippen molar-refractivity contribution < 1.29 is 4.79 Å². The highest BCUT2D eigenvalue weighted by Gasteiger charge is 2.31. The van der Waals surface area contributed by atoms with E-state index < -0.39 is 0 Å². The van der Waals surface area contributed by atoms with Gasteiger partial charge < -0.3 is 10.6 Å². The number of carbonyl (C=O) groups excluding carboxylic acids is 1. The number of hydrogen-bond acceptors (Lipinski definition) is 3. The van der Waals surface area contributed by atoms with Crippen LogP contribution in [0.2, 0.25) is 0 Å². The van der Waals surface area contributed by atoms with E-state index in [1.165, 1.54) is 0 Å². The maximum Gasteiger partial charge on any atom is 0.228 e. The van der Waals surface area contributed by atoms with Crippen LogP contribution in [0.25, 0.3) is 0 Å². The van der Waals surface area contributed by atoms with Crippen molar-refractivity contribution in [2.75, 3.05) is 11.9 Å². The normalized spacial score (nSPS) is 19.3. The standard InChI is InChI=1S/C11H16N4O/c1-15-10(13-11(16)7-2-3-7)8-6-12-5-4-9(8)14-15/h7,12H,2-6H2,1H3,(H,13,16). The Morgan fingerprint density at radius 1 is 1.56 bits per heavy atom. The second kappa shape index (κ2) is 3.59. The lowest BCUT2D eigenvalue weighted by molar-refractivity contribution is -0.117. The molecule has 0 spiro atoms. The fourth-order valence-corrected chi connectivity index (χ4v) is 2.15. The molecule has 0 unspecified atom stereocenters. The van der Waals surface area contributed by atoms with Crippen LogP contribution in [-0.2, 0) is 24.8 Å². The van der Waals surface area contributed by atoms with Gasteiger partial charge in [-0.25, -0.2) is 0 Å². The van der Waals surface area contributed by atoms with Gasteiger partial charge in [-0.1, -0.05) is 0 Å². The van der Waals surface area contributed by atoms with Crippen molar-refractivity contribution in [2.45, 2.75) is 25.8 Å². The minimum absolute atomic E-state index is 0.149. The molecule has 1 aromatic heterocycles. The third-order valence-corrected chi connectivity index (χ3v) is 3.26. The first kappa shape index (κ1) is 9.84. The molecule has 2 heterocycles. The van der Waals surface area contributed by atoms with Gasteiger partial charge in [0.15, 0.2) is 0 Å². The van der Waals surface area contributed by atoms with E-state index in [-0.39, 0.29) is 11.8 Å². The molecule has 1 amide bonds. The number of amides is 1. The third kappa shape index (κ3) is 1.61. The number of carbonyl (C=O) groups is 1. The molecule has 1 aliphatic carbocycles. The molecule has 2 aliphatic rings. The minimum atomic E-state index is 0.149. The predicted molar refractivity (Wildman–Crippen MR) is 60.0 cm³/mol. The van der Waals surface area contributed by atoms with Crippen molar-refractivity contribution in [3.8, 4) is 0 Å². The molecule has 0 saturated heterocycles. The predicted octanol–water partition coefficient (Wildman–Crippen LogP) is 0.414. The topological polar surface area (TPSA) is 59.0 Å². The monoisotopic (exact) mass is 220 g/mol. The van der Waals surface area contributed by atoms with Crippen molar-refractivity contribution in [1.29, 1.82) is 0 Å². The molecule has 3 rings (SSSR count). The molecule has 1 aliphatic heterocycles. The van der Waals surface area contributed by atoms with Crippen LogP contribution < -0.4 is 10.6 Å². The van der Waals surface area contributed by atoms with E-state index >= 15 is 0 Å². The van der Waals surface area contributed by atoms with Crippen LogP contribution in [0.5, 0.6) is 0 Å². The quantitative estimate of drug-likeness (QED) is 0.759. The molecular formula is C11H16N4O. The smallest absolute Gasteiger partial charge is 0.228 e. The number of nitrogens with zero attached hydrogens (tertiary/aromatic N) is 2. The van der Waals surface area contributed by atoms with Gasteiger partial charge >= 0.3 is 0 Å². The van der Waals surface area contributed by atoms with E-state index in [0.717, 1.165) is 49.4 Å². The molecular weight excluding hydrogens is 204 g/mol. The fraction of sp³-hybridized carbons (Fsp3) is 0.636. The summed E-state index contributed by atoms with van der Waals surface area (Å²) in [6.45, 7) is 1.78. The number of anilines is 1. The summed E-state index contributed by atoms with van der Waals surface area (Å²) in [5.41, 5.74) is 2.27. The second-order valence-electron chi connectivity index (χ2n) is 4.59. The van der Waals surface area contributed by atoms with Crippen molar-refractivity contribution in [3.63, 3.8) is 0 Å². The summed E-state index contributed by atoms with van der Waals surface area (Å²) in [5, 5.41) is 10.8. The zero-order valence-corrected chi connectivity index (χ0v) is 9.42. The Hall–Kier alpha value is -1.36. The maximum atomic E-state index is 11.7. The Balaban J connectivity index is 1.87. The summed E-state index contributed by atoms with van der Waals surface area (Å²) in [6.07, 6.45) is 3.01. The molecule has 2 N–H and O–H groups in total. The Morgan fingerprint density at radius 2 is 2.38 bits per heavy atom. The fourth-order valence-electron chi connectivity index (χ4n) is 2.15.